The zero-order valence-corrected chi connectivity index (χ0v) is 11.0. The standard InChI is InChI=1S/C14H19NO4/c1-10(15-6-2-3-14(16)17)11-4-5-12-13(9-11)19-8-7-18-12/h4-5,9-10,15H,2-3,6-8H2,1H3,(H,16,17). The van der Waals surface area contributed by atoms with E-state index in [1.807, 2.05) is 25.1 Å². The van der Waals surface area contributed by atoms with Gasteiger partial charge in [0.05, 0.1) is 0 Å². The van der Waals surface area contributed by atoms with Crippen molar-refractivity contribution in [2.24, 2.45) is 0 Å². The van der Waals surface area contributed by atoms with Gasteiger partial charge in [-0.25, -0.2) is 0 Å². The summed E-state index contributed by atoms with van der Waals surface area (Å²) in [7, 11) is 0. The fourth-order valence-electron chi connectivity index (χ4n) is 2.01. The van der Waals surface area contributed by atoms with Crippen LogP contribution in [0.2, 0.25) is 0 Å². The van der Waals surface area contributed by atoms with Gasteiger partial charge in [-0.3, -0.25) is 4.79 Å². The zero-order valence-electron chi connectivity index (χ0n) is 11.0. The predicted octanol–water partition coefficient (Wildman–Crippen LogP) is 1.97. The van der Waals surface area contributed by atoms with Gasteiger partial charge >= 0.3 is 5.97 Å². The molecular weight excluding hydrogens is 246 g/mol. The molecule has 0 aliphatic carbocycles. The summed E-state index contributed by atoms with van der Waals surface area (Å²) in [6, 6.07) is 6.05. The molecule has 5 heteroatoms. The van der Waals surface area contributed by atoms with E-state index in [0.717, 1.165) is 17.1 Å². The SMILES string of the molecule is CC(NCCCC(=O)O)c1ccc2c(c1)OCCO2. The molecule has 104 valence electrons. The average molecular weight is 265 g/mol. The van der Waals surface area contributed by atoms with E-state index >= 15 is 0 Å². The second-order valence-corrected chi connectivity index (χ2v) is 4.58. The number of ether oxygens (including phenoxy) is 2. The van der Waals surface area contributed by atoms with Crippen molar-refractivity contribution in [3.8, 4) is 11.5 Å². The van der Waals surface area contributed by atoms with Gasteiger partial charge in [0.1, 0.15) is 13.2 Å². The molecule has 0 fully saturated rings. The van der Waals surface area contributed by atoms with Crippen LogP contribution in [0.1, 0.15) is 31.4 Å². The maximum atomic E-state index is 10.4. The lowest BCUT2D eigenvalue weighted by molar-refractivity contribution is -0.137. The van der Waals surface area contributed by atoms with E-state index in [2.05, 4.69) is 5.32 Å². The first-order chi connectivity index (χ1) is 9.16. The van der Waals surface area contributed by atoms with E-state index in [9.17, 15) is 4.79 Å². The molecule has 0 spiro atoms. The van der Waals surface area contributed by atoms with Crippen LogP contribution in [0.3, 0.4) is 0 Å². The Bertz CT molecular complexity index is 447. The van der Waals surface area contributed by atoms with E-state index in [-0.39, 0.29) is 12.5 Å². The molecule has 2 N–H and O–H groups in total. The molecule has 1 aliphatic rings. The minimum Gasteiger partial charge on any atom is -0.486 e. The van der Waals surface area contributed by atoms with Crippen molar-refractivity contribution in [1.29, 1.82) is 0 Å². The minimum absolute atomic E-state index is 0.157. The lowest BCUT2D eigenvalue weighted by Gasteiger charge is -2.21. The largest absolute Gasteiger partial charge is 0.486 e. The number of nitrogens with one attached hydrogen (secondary N) is 1. The summed E-state index contributed by atoms with van der Waals surface area (Å²) in [6.45, 7) is 3.90. The molecule has 1 aliphatic heterocycles. The van der Waals surface area contributed by atoms with Gasteiger partial charge in [0.15, 0.2) is 11.5 Å². The molecule has 5 nitrogen and oxygen atoms in total. The smallest absolute Gasteiger partial charge is 0.303 e. The van der Waals surface area contributed by atoms with Crippen LogP contribution in [-0.2, 0) is 4.79 Å². The number of carbonyl (C=O) groups is 1. The van der Waals surface area contributed by atoms with Gasteiger partial charge in [-0.15, -0.1) is 0 Å². The molecule has 0 saturated carbocycles. The highest BCUT2D eigenvalue weighted by molar-refractivity contribution is 5.66. The van der Waals surface area contributed by atoms with Gasteiger partial charge in [-0.2, -0.15) is 0 Å². The molecule has 0 radical (unpaired) electrons. The summed E-state index contributed by atoms with van der Waals surface area (Å²) in [6.07, 6.45) is 0.824. The molecule has 1 aromatic carbocycles. The van der Waals surface area contributed by atoms with Crippen LogP contribution in [0.15, 0.2) is 18.2 Å². The molecule has 0 saturated heterocycles. The summed E-state index contributed by atoms with van der Waals surface area (Å²) < 4.78 is 11.0. The van der Waals surface area contributed by atoms with Crippen molar-refractivity contribution in [3.05, 3.63) is 23.8 Å². The van der Waals surface area contributed by atoms with Crippen LogP contribution in [0.4, 0.5) is 0 Å². The Balaban J connectivity index is 1.88. The number of hydrogen-bond acceptors (Lipinski definition) is 4. The molecule has 1 unspecified atom stereocenters. The van der Waals surface area contributed by atoms with Gasteiger partial charge in [0.2, 0.25) is 0 Å². The number of carboxylic acid groups (broad SMARTS) is 1. The van der Waals surface area contributed by atoms with E-state index < -0.39 is 5.97 Å². The highest BCUT2D eigenvalue weighted by Gasteiger charge is 2.14. The Labute approximate surface area is 112 Å². The molecule has 2 rings (SSSR count). The van der Waals surface area contributed by atoms with Crippen LogP contribution >= 0.6 is 0 Å². The van der Waals surface area contributed by atoms with Crippen LogP contribution in [0, 0.1) is 0 Å². The second kappa shape index (κ2) is 6.43. The van der Waals surface area contributed by atoms with Crippen molar-refractivity contribution in [2.75, 3.05) is 19.8 Å². The lowest BCUT2D eigenvalue weighted by Crippen LogP contribution is -2.21. The third-order valence-corrected chi connectivity index (χ3v) is 3.08. The summed E-state index contributed by atoms with van der Waals surface area (Å²) in [5.74, 6) is 0.810. The van der Waals surface area contributed by atoms with Crippen molar-refractivity contribution in [3.63, 3.8) is 0 Å². The second-order valence-electron chi connectivity index (χ2n) is 4.58. The Morgan fingerprint density at radius 1 is 1.37 bits per heavy atom. The molecule has 1 aromatic rings. The summed E-state index contributed by atoms with van der Waals surface area (Å²) in [5, 5.41) is 11.9. The van der Waals surface area contributed by atoms with Crippen molar-refractivity contribution < 1.29 is 19.4 Å². The van der Waals surface area contributed by atoms with Gasteiger partial charge in [-0.05, 0) is 37.6 Å². The van der Waals surface area contributed by atoms with Crippen LogP contribution in [0.25, 0.3) is 0 Å². The van der Waals surface area contributed by atoms with Crippen molar-refractivity contribution >= 4 is 5.97 Å². The fraction of sp³-hybridized carbons (Fsp3) is 0.500. The molecule has 0 aromatic heterocycles. The first kappa shape index (κ1) is 13.7. The van der Waals surface area contributed by atoms with Gasteiger partial charge in [-0.1, -0.05) is 6.07 Å². The number of fused-ring (bicyclic) bond motifs is 1. The number of rotatable bonds is 6. The Kier molecular flexibility index (Phi) is 4.63. The van der Waals surface area contributed by atoms with E-state index in [1.54, 1.807) is 0 Å². The number of aliphatic carboxylic acids is 1. The maximum absolute atomic E-state index is 10.4. The molecule has 1 heterocycles. The van der Waals surface area contributed by atoms with Gasteiger partial charge < -0.3 is 19.9 Å². The molecule has 19 heavy (non-hydrogen) atoms. The van der Waals surface area contributed by atoms with Crippen LogP contribution in [0.5, 0.6) is 11.5 Å². The maximum Gasteiger partial charge on any atom is 0.303 e. The molecule has 0 bridgehead atoms. The predicted molar refractivity (Wildman–Crippen MR) is 70.7 cm³/mol. The monoisotopic (exact) mass is 265 g/mol. The molecular formula is C14H19NO4. The Hall–Kier alpha value is -1.75. The van der Waals surface area contributed by atoms with Gasteiger partial charge in [0, 0.05) is 12.5 Å². The van der Waals surface area contributed by atoms with Gasteiger partial charge in [0.25, 0.3) is 0 Å². The Morgan fingerprint density at radius 2 is 2.11 bits per heavy atom. The number of carboxylic acids is 1. The topological polar surface area (TPSA) is 67.8 Å². The first-order valence-electron chi connectivity index (χ1n) is 6.51. The summed E-state index contributed by atoms with van der Waals surface area (Å²) >= 11 is 0. The first-order valence-corrected chi connectivity index (χ1v) is 6.51. The zero-order chi connectivity index (χ0) is 13.7. The third-order valence-electron chi connectivity index (χ3n) is 3.08. The Morgan fingerprint density at radius 3 is 2.84 bits per heavy atom. The lowest BCUT2D eigenvalue weighted by atomic mass is 10.1. The van der Waals surface area contributed by atoms with E-state index in [1.165, 1.54) is 0 Å². The number of hydrogen-bond donors (Lipinski definition) is 2. The summed E-state index contributed by atoms with van der Waals surface area (Å²) in [5.41, 5.74) is 1.11. The minimum atomic E-state index is -0.756. The van der Waals surface area contributed by atoms with E-state index in [4.69, 9.17) is 14.6 Å². The van der Waals surface area contributed by atoms with Crippen LogP contribution < -0.4 is 14.8 Å². The normalized spacial score (nSPS) is 15.0. The third kappa shape index (κ3) is 3.86. The van der Waals surface area contributed by atoms with E-state index in [0.29, 0.717) is 26.2 Å². The molecule has 1 atom stereocenters. The average Bonchev–Trinajstić information content (AvgIpc) is 2.42. The fourth-order valence-corrected chi connectivity index (χ4v) is 2.01. The van der Waals surface area contributed by atoms with Crippen molar-refractivity contribution in [1.82, 2.24) is 5.32 Å². The highest BCUT2D eigenvalue weighted by atomic mass is 16.6. The van der Waals surface area contributed by atoms with Crippen LogP contribution in [-0.4, -0.2) is 30.8 Å². The highest BCUT2D eigenvalue weighted by Crippen LogP contribution is 2.32. The van der Waals surface area contributed by atoms with Crippen molar-refractivity contribution in [2.45, 2.75) is 25.8 Å². The number of benzene rings is 1. The molecule has 0 amide bonds. The quantitative estimate of drug-likeness (QED) is 0.770. The summed E-state index contributed by atoms with van der Waals surface area (Å²) in [4.78, 5) is 10.4.